The van der Waals surface area contributed by atoms with Gasteiger partial charge in [0, 0.05) is 0 Å². The molecule has 2 aliphatic rings. The van der Waals surface area contributed by atoms with E-state index in [9.17, 15) is 9.59 Å². The van der Waals surface area contributed by atoms with Crippen LogP contribution in [-0.2, 0) is 14.4 Å². The van der Waals surface area contributed by atoms with Crippen LogP contribution in [-0.4, -0.2) is 42.1 Å². The number of carbonyl (C=O) groups excluding carboxylic acids is 2. The highest BCUT2D eigenvalue weighted by Gasteiger charge is 2.30. The van der Waals surface area contributed by atoms with Crippen LogP contribution in [0.1, 0.15) is 32.1 Å². The molecule has 96 valence electrons. The summed E-state index contributed by atoms with van der Waals surface area (Å²) in [4.78, 5) is 28.7. The molecule has 2 saturated heterocycles. The molecule has 17 heavy (non-hydrogen) atoms. The fourth-order valence-electron chi connectivity index (χ4n) is 2.19. The van der Waals surface area contributed by atoms with Crippen molar-refractivity contribution in [3.8, 4) is 0 Å². The maximum atomic E-state index is 11.8. The van der Waals surface area contributed by atoms with Crippen molar-refractivity contribution in [1.29, 1.82) is 0 Å². The Balaban J connectivity index is 1.91. The summed E-state index contributed by atoms with van der Waals surface area (Å²) in [6.45, 7) is 1.28. The average Bonchev–Trinajstić information content (AvgIpc) is 2.80. The van der Waals surface area contributed by atoms with Crippen LogP contribution >= 0.6 is 0 Å². The molecule has 0 aromatic carbocycles. The lowest BCUT2D eigenvalue weighted by Crippen LogP contribution is -2.46. The van der Waals surface area contributed by atoms with Crippen LogP contribution < -0.4 is 11.1 Å². The zero-order valence-corrected chi connectivity index (χ0v) is 9.85. The van der Waals surface area contributed by atoms with Crippen LogP contribution in [0.15, 0.2) is 0 Å². The summed E-state index contributed by atoms with van der Waals surface area (Å²) in [6, 6.07) is -0.816. The van der Waals surface area contributed by atoms with Crippen molar-refractivity contribution < 1.29 is 14.4 Å². The summed E-state index contributed by atoms with van der Waals surface area (Å²) in [7, 11) is 0. The minimum atomic E-state index is -0.540. The zero-order valence-electron chi connectivity index (χ0n) is 9.85. The van der Waals surface area contributed by atoms with E-state index in [-0.39, 0.29) is 17.9 Å². The lowest BCUT2D eigenvalue weighted by molar-refractivity contribution is -0.199. The number of rotatable bonds is 2. The minimum Gasteiger partial charge on any atom is -0.336 e. The first kappa shape index (κ1) is 12.3. The van der Waals surface area contributed by atoms with Crippen LogP contribution in [0.25, 0.3) is 0 Å². The number of amides is 1. The molecule has 2 rings (SSSR count). The molecule has 0 spiro atoms. The molecule has 1 amide bonds. The third kappa shape index (κ3) is 2.95. The molecule has 0 aromatic heterocycles. The Morgan fingerprint density at radius 3 is 2.88 bits per heavy atom. The molecule has 3 N–H and O–H groups in total. The highest BCUT2D eigenvalue weighted by molar-refractivity contribution is 5.83. The van der Waals surface area contributed by atoms with Crippen molar-refractivity contribution in [2.45, 2.75) is 44.2 Å². The second-order valence-electron chi connectivity index (χ2n) is 4.60. The van der Waals surface area contributed by atoms with E-state index in [1.54, 1.807) is 0 Å². The number of hydroxylamine groups is 2. The van der Waals surface area contributed by atoms with E-state index in [2.05, 4.69) is 5.32 Å². The molecular weight excluding hydrogens is 222 g/mol. The number of nitrogens with two attached hydrogens (primary N) is 1. The number of hydrogen-bond acceptors (Lipinski definition) is 5. The number of nitrogens with one attached hydrogen (secondary N) is 1. The molecule has 2 atom stereocenters. The van der Waals surface area contributed by atoms with Gasteiger partial charge in [-0.05, 0) is 38.6 Å². The Hall–Kier alpha value is -1.14. The Morgan fingerprint density at radius 1 is 1.35 bits per heavy atom. The largest absolute Gasteiger partial charge is 0.349 e. The van der Waals surface area contributed by atoms with E-state index in [4.69, 9.17) is 10.6 Å². The van der Waals surface area contributed by atoms with Gasteiger partial charge in [-0.3, -0.25) is 4.79 Å². The van der Waals surface area contributed by atoms with E-state index in [0.717, 1.165) is 37.3 Å². The Kier molecular flexibility index (Phi) is 3.96. The van der Waals surface area contributed by atoms with Gasteiger partial charge in [0.05, 0.1) is 12.6 Å². The lowest BCUT2D eigenvalue weighted by Gasteiger charge is -2.22. The van der Waals surface area contributed by atoms with Crippen molar-refractivity contribution in [3.63, 3.8) is 0 Å². The predicted molar refractivity (Wildman–Crippen MR) is 60.7 cm³/mol. The first-order valence-corrected chi connectivity index (χ1v) is 6.20. The standard InChI is InChI=1S/C11H19N3O3/c12-8-4-1-2-7-14(10(8)15)17-11(16)9-5-3-6-13-9/h8-9,13H,1-7,12H2/t8-,9?/m0/s1. The first-order valence-electron chi connectivity index (χ1n) is 6.20. The maximum Gasteiger partial charge on any atom is 0.349 e. The number of hydrogen-bond donors (Lipinski definition) is 2. The number of carbonyl (C=O) groups is 2. The van der Waals surface area contributed by atoms with Gasteiger partial charge in [-0.15, -0.1) is 0 Å². The molecule has 0 saturated carbocycles. The smallest absolute Gasteiger partial charge is 0.336 e. The van der Waals surface area contributed by atoms with E-state index in [0.29, 0.717) is 13.0 Å². The molecule has 0 aromatic rings. The van der Waals surface area contributed by atoms with Gasteiger partial charge in [-0.1, -0.05) is 0 Å². The molecule has 6 nitrogen and oxygen atoms in total. The molecule has 2 aliphatic heterocycles. The summed E-state index contributed by atoms with van der Waals surface area (Å²) in [5.41, 5.74) is 5.70. The molecule has 0 bridgehead atoms. The van der Waals surface area contributed by atoms with E-state index >= 15 is 0 Å². The topological polar surface area (TPSA) is 84.7 Å². The van der Waals surface area contributed by atoms with Gasteiger partial charge in [0.25, 0.3) is 5.91 Å². The van der Waals surface area contributed by atoms with Gasteiger partial charge in [-0.2, -0.15) is 5.06 Å². The Labute approximate surface area is 100 Å². The van der Waals surface area contributed by atoms with Crippen molar-refractivity contribution in [3.05, 3.63) is 0 Å². The van der Waals surface area contributed by atoms with Gasteiger partial charge >= 0.3 is 5.97 Å². The van der Waals surface area contributed by atoms with Gasteiger partial charge < -0.3 is 15.9 Å². The van der Waals surface area contributed by atoms with Gasteiger partial charge in [0.15, 0.2) is 0 Å². The molecule has 1 unspecified atom stereocenters. The maximum absolute atomic E-state index is 11.8. The summed E-state index contributed by atoms with van der Waals surface area (Å²) >= 11 is 0. The monoisotopic (exact) mass is 241 g/mol. The summed E-state index contributed by atoms with van der Waals surface area (Å²) in [5.74, 6) is -0.654. The zero-order chi connectivity index (χ0) is 12.3. The van der Waals surface area contributed by atoms with Crippen molar-refractivity contribution in [2.75, 3.05) is 13.1 Å². The summed E-state index contributed by atoms with van der Waals surface area (Å²) in [5, 5.41) is 4.18. The summed E-state index contributed by atoms with van der Waals surface area (Å²) < 4.78 is 0. The third-order valence-electron chi connectivity index (χ3n) is 3.23. The molecule has 0 radical (unpaired) electrons. The third-order valence-corrected chi connectivity index (χ3v) is 3.23. The highest BCUT2D eigenvalue weighted by Crippen LogP contribution is 2.13. The molecule has 2 heterocycles. The fourth-order valence-corrected chi connectivity index (χ4v) is 2.19. The number of nitrogens with zero attached hydrogens (tertiary/aromatic N) is 1. The van der Waals surface area contributed by atoms with Gasteiger partial charge in [0.1, 0.15) is 6.04 Å². The molecular formula is C11H19N3O3. The molecule has 2 fully saturated rings. The minimum absolute atomic E-state index is 0.276. The van der Waals surface area contributed by atoms with Gasteiger partial charge in [-0.25, -0.2) is 4.79 Å². The van der Waals surface area contributed by atoms with Crippen LogP contribution in [0, 0.1) is 0 Å². The Morgan fingerprint density at radius 2 is 2.18 bits per heavy atom. The van der Waals surface area contributed by atoms with E-state index < -0.39 is 6.04 Å². The fraction of sp³-hybridized carbons (Fsp3) is 0.818. The van der Waals surface area contributed by atoms with E-state index in [1.165, 1.54) is 0 Å². The lowest BCUT2D eigenvalue weighted by atomic mass is 10.1. The van der Waals surface area contributed by atoms with Crippen molar-refractivity contribution in [2.24, 2.45) is 5.73 Å². The highest BCUT2D eigenvalue weighted by atomic mass is 16.7. The van der Waals surface area contributed by atoms with E-state index in [1.807, 2.05) is 0 Å². The first-order chi connectivity index (χ1) is 8.18. The SMILES string of the molecule is N[C@H]1CCCCN(OC(=O)C2CCCN2)C1=O. The second kappa shape index (κ2) is 5.46. The van der Waals surface area contributed by atoms with Gasteiger partial charge in [0.2, 0.25) is 0 Å². The second-order valence-corrected chi connectivity index (χ2v) is 4.60. The average molecular weight is 241 g/mol. The van der Waals surface area contributed by atoms with Crippen molar-refractivity contribution in [1.82, 2.24) is 10.4 Å². The molecule has 0 aliphatic carbocycles. The summed E-state index contributed by atoms with van der Waals surface area (Å²) in [6.07, 6.45) is 4.11. The quantitative estimate of drug-likeness (QED) is 0.683. The van der Waals surface area contributed by atoms with Crippen LogP contribution in [0.2, 0.25) is 0 Å². The normalized spacial score (nSPS) is 30.2. The van der Waals surface area contributed by atoms with Crippen molar-refractivity contribution >= 4 is 11.9 Å². The molecule has 6 heteroatoms. The predicted octanol–water partition coefficient (Wildman–Crippen LogP) is -0.464. The Bertz CT molecular complexity index is 302. The van der Waals surface area contributed by atoms with Crippen LogP contribution in [0.4, 0.5) is 0 Å². The van der Waals surface area contributed by atoms with Crippen LogP contribution in [0.3, 0.4) is 0 Å². The van der Waals surface area contributed by atoms with Crippen LogP contribution in [0.5, 0.6) is 0 Å².